The van der Waals surface area contributed by atoms with E-state index in [9.17, 15) is 14.9 Å². The van der Waals surface area contributed by atoms with E-state index in [1.807, 2.05) is 48.5 Å². The van der Waals surface area contributed by atoms with Crippen LogP contribution < -0.4 is 20.1 Å². The average Bonchev–Trinajstić information content (AvgIpc) is 3.15. The highest BCUT2D eigenvalue weighted by molar-refractivity contribution is 7.07. The number of benzene rings is 2. The highest BCUT2D eigenvalue weighted by Gasteiger charge is 2.16. The summed E-state index contributed by atoms with van der Waals surface area (Å²) in [5, 5.41) is 12.6. The minimum Gasteiger partial charge on any atom is -0.347 e. The standard InChI is InChI=1S/C25H18N4O2S/c26-15-21(23(30)28-17-18-8-3-1-4-9-18)25-29(20-11-5-2-6-12-20)24(31)22(32-25)14-19-10-7-13-27-16-19/h1-14,16H,17H2,(H,28,30)/b22-14+,25-21+. The number of nitriles is 1. The SMILES string of the molecule is N#C/C(C(=O)NCc1ccccc1)=c1\s/c(=C/c2cccnc2)c(=O)n1-c1ccccc1. The fraction of sp³-hybridized carbons (Fsp3) is 0.0400. The van der Waals surface area contributed by atoms with Crippen LogP contribution in [0.2, 0.25) is 0 Å². The van der Waals surface area contributed by atoms with Crippen LogP contribution in [0.4, 0.5) is 0 Å². The van der Waals surface area contributed by atoms with Crippen LogP contribution in [0, 0.1) is 11.3 Å². The lowest BCUT2D eigenvalue weighted by atomic mass is 10.2. The van der Waals surface area contributed by atoms with E-state index in [4.69, 9.17) is 0 Å². The molecule has 32 heavy (non-hydrogen) atoms. The van der Waals surface area contributed by atoms with Gasteiger partial charge in [0.15, 0.2) is 5.57 Å². The van der Waals surface area contributed by atoms with Gasteiger partial charge in [-0.15, -0.1) is 11.3 Å². The van der Waals surface area contributed by atoms with Gasteiger partial charge in [-0.2, -0.15) is 5.26 Å². The van der Waals surface area contributed by atoms with Crippen molar-refractivity contribution in [1.82, 2.24) is 14.9 Å². The van der Waals surface area contributed by atoms with E-state index in [-0.39, 0.29) is 22.3 Å². The first-order chi connectivity index (χ1) is 15.7. The highest BCUT2D eigenvalue weighted by atomic mass is 32.1. The minimum atomic E-state index is -0.532. The number of amides is 1. The molecule has 0 radical (unpaired) electrons. The van der Waals surface area contributed by atoms with Crippen LogP contribution in [0.5, 0.6) is 0 Å². The van der Waals surface area contributed by atoms with Gasteiger partial charge in [-0.3, -0.25) is 19.1 Å². The van der Waals surface area contributed by atoms with E-state index >= 15 is 0 Å². The maximum absolute atomic E-state index is 13.3. The molecule has 6 nitrogen and oxygen atoms in total. The summed E-state index contributed by atoms with van der Waals surface area (Å²) in [6, 6.07) is 24.0. The number of thiazole rings is 1. The summed E-state index contributed by atoms with van der Waals surface area (Å²) in [4.78, 5) is 30.3. The summed E-state index contributed by atoms with van der Waals surface area (Å²) in [6.45, 7) is 0.278. The van der Waals surface area contributed by atoms with E-state index in [0.717, 1.165) is 22.5 Å². The van der Waals surface area contributed by atoms with Crippen LogP contribution in [-0.4, -0.2) is 15.5 Å². The number of hydrogen-bond donors (Lipinski definition) is 1. The molecule has 4 rings (SSSR count). The fourth-order valence-corrected chi connectivity index (χ4v) is 4.24. The molecule has 0 aliphatic rings. The number of rotatable bonds is 5. The number of nitrogens with one attached hydrogen (secondary N) is 1. The molecule has 0 bridgehead atoms. The van der Waals surface area contributed by atoms with E-state index in [1.165, 1.54) is 4.57 Å². The maximum atomic E-state index is 13.3. The molecule has 0 spiro atoms. The lowest BCUT2D eigenvalue weighted by Gasteiger charge is -2.06. The van der Waals surface area contributed by atoms with E-state index in [0.29, 0.717) is 10.2 Å². The summed E-state index contributed by atoms with van der Waals surface area (Å²) in [6.07, 6.45) is 5.01. The molecule has 0 fully saturated rings. The molecule has 0 unspecified atom stereocenters. The molecule has 0 saturated carbocycles. The Kier molecular flexibility index (Phi) is 6.35. The molecule has 0 aliphatic carbocycles. The van der Waals surface area contributed by atoms with E-state index < -0.39 is 5.91 Å². The quantitative estimate of drug-likeness (QED) is 0.517. The molecule has 2 aromatic heterocycles. The van der Waals surface area contributed by atoms with Gasteiger partial charge < -0.3 is 5.32 Å². The van der Waals surface area contributed by atoms with Gasteiger partial charge in [-0.05, 0) is 35.4 Å². The van der Waals surface area contributed by atoms with Crippen molar-refractivity contribution in [3.05, 3.63) is 116 Å². The van der Waals surface area contributed by atoms with Gasteiger partial charge in [0.25, 0.3) is 11.5 Å². The van der Waals surface area contributed by atoms with Gasteiger partial charge in [0.05, 0.1) is 10.2 Å². The second-order valence-corrected chi connectivity index (χ2v) is 7.86. The molecule has 2 heterocycles. The zero-order valence-corrected chi connectivity index (χ0v) is 17.8. The topological polar surface area (TPSA) is 87.8 Å². The molecule has 7 heteroatoms. The van der Waals surface area contributed by atoms with Gasteiger partial charge in [-0.1, -0.05) is 54.6 Å². The lowest BCUT2D eigenvalue weighted by Crippen LogP contribution is -2.33. The van der Waals surface area contributed by atoms with Crippen molar-refractivity contribution in [2.24, 2.45) is 0 Å². The number of para-hydroxylation sites is 1. The number of nitrogens with zero attached hydrogens (tertiary/aromatic N) is 3. The third kappa shape index (κ3) is 4.56. The Balaban J connectivity index is 1.87. The molecule has 0 saturated heterocycles. The molecule has 1 amide bonds. The summed E-state index contributed by atoms with van der Waals surface area (Å²) in [5.74, 6) is -0.532. The maximum Gasteiger partial charge on any atom is 0.273 e. The molecule has 4 aromatic rings. The number of hydrogen-bond acceptors (Lipinski definition) is 5. The molecule has 0 aliphatic heterocycles. The summed E-state index contributed by atoms with van der Waals surface area (Å²) < 4.78 is 2.10. The van der Waals surface area contributed by atoms with Crippen LogP contribution in [0.1, 0.15) is 11.1 Å². The Morgan fingerprint density at radius 2 is 1.78 bits per heavy atom. The number of pyridine rings is 1. The Morgan fingerprint density at radius 1 is 1.06 bits per heavy atom. The van der Waals surface area contributed by atoms with Crippen LogP contribution in [0.25, 0.3) is 17.3 Å². The molecule has 0 atom stereocenters. The molecule has 2 aromatic carbocycles. The van der Waals surface area contributed by atoms with Crippen molar-refractivity contribution >= 4 is 28.9 Å². The normalized spacial score (nSPS) is 12.2. The highest BCUT2D eigenvalue weighted by Crippen LogP contribution is 2.05. The predicted molar refractivity (Wildman–Crippen MR) is 124 cm³/mol. The van der Waals surface area contributed by atoms with Crippen molar-refractivity contribution < 1.29 is 4.79 Å². The van der Waals surface area contributed by atoms with Gasteiger partial charge in [-0.25, -0.2) is 0 Å². The first-order valence-electron chi connectivity index (χ1n) is 9.83. The van der Waals surface area contributed by atoms with Gasteiger partial charge in [0.1, 0.15) is 10.7 Å². The van der Waals surface area contributed by atoms with Gasteiger partial charge >= 0.3 is 0 Å². The zero-order valence-electron chi connectivity index (χ0n) is 16.9. The average molecular weight is 439 g/mol. The second-order valence-electron chi connectivity index (χ2n) is 6.83. The largest absolute Gasteiger partial charge is 0.347 e. The fourth-order valence-electron chi connectivity index (χ4n) is 3.14. The van der Waals surface area contributed by atoms with Crippen LogP contribution >= 0.6 is 11.3 Å². The van der Waals surface area contributed by atoms with Crippen molar-refractivity contribution in [3.63, 3.8) is 0 Å². The molecule has 156 valence electrons. The third-order valence-corrected chi connectivity index (χ3v) is 5.76. The summed E-state index contributed by atoms with van der Waals surface area (Å²) in [7, 11) is 0. The monoisotopic (exact) mass is 438 g/mol. The van der Waals surface area contributed by atoms with Crippen LogP contribution in [0.15, 0.2) is 90.0 Å². The minimum absolute atomic E-state index is 0.113. The van der Waals surface area contributed by atoms with Gasteiger partial charge in [0.2, 0.25) is 0 Å². The summed E-state index contributed by atoms with van der Waals surface area (Å²) in [5.41, 5.74) is 1.83. The number of carbonyl (C=O) groups is 1. The zero-order chi connectivity index (χ0) is 22.3. The van der Waals surface area contributed by atoms with Crippen molar-refractivity contribution in [2.75, 3.05) is 0 Å². The van der Waals surface area contributed by atoms with Crippen molar-refractivity contribution in [2.45, 2.75) is 6.54 Å². The molecular formula is C25H18N4O2S. The first kappa shape index (κ1) is 21.0. The first-order valence-corrected chi connectivity index (χ1v) is 10.6. The Hall–Kier alpha value is -4.28. The van der Waals surface area contributed by atoms with E-state index in [2.05, 4.69) is 10.3 Å². The smallest absolute Gasteiger partial charge is 0.273 e. The van der Waals surface area contributed by atoms with Gasteiger partial charge in [0, 0.05) is 18.9 Å². The Bertz CT molecular complexity index is 1450. The Labute approximate surface area is 188 Å². The van der Waals surface area contributed by atoms with Crippen molar-refractivity contribution in [1.29, 1.82) is 5.26 Å². The number of carbonyl (C=O) groups excluding carboxylic acids is 1. The second kappa shape index (κ2) is 9.69. The predicted octanol–water partition coefficient (Wildman–Crippen LogP) is 2.11. The molecule has 1 N–H and O–H groups in total. The summed E-state index contributed by atoms with van der Waals surface area (Å²) >= 11 is 1.11. The molecular weight excluding hydrogens is 420 g/mol. The van der Waals surface area contributed by atoms with Crippen LogP contribution in [0.3, 0.4) is 0 Å². The van der Waals surface area contributed by atoms with Crippen molar-refractivity contribution in [3.8, 4) is 11.8 Å². The van der Waals surface area contributed by atoms with Crippen LogP contribution in [-0.2, 0) is 11.3 Å². The lowest BCUT2D eigenvalue weighted by molar-refractivity contribution is -0.115. The number of aromatic nitrogens is 2. The third-order valence-electron chi connectivity index (χ3n) is 4.67. The Morgan fingerprint density at radius 3 is 2.44 bits per heavy atom. The van der Waals surface area contributed by atoms with E-state index in [1.54, 1.807) is 48.8 Å².